The van der Waals surface area contributed by atoms with Crippen molar-refractivity contribution < 1.29 is 4.79 Å². The van der Waals surface area contributed by atoms with E-state index in [-0.39, 0.29) is 0 Å². The zero-order valence-electron chi connectivity index (χ0n) is 11.2. The van der Waals surface area contributed by atoms with E-state index >= 15 is 0 Å². The minimum atomic E-state index is 0.753. The third-order valence-corrected chi connectivity index (χ3v) is 4.32. The molecule has 0 fully saturated rings. The molecule has 3 aromatic rings. The molecular weight excluding hydrogens is 264 g/mol. The molecule has 20 heavy (non-hydrogen) atoms. The number of carbonyl (C=O) groups excluding carboxylic acids is 1. The maximum absolute atomic E-state index is 11.2. The second-order valence-electron chi connectivity index (χ2n) is 4.77. The van der Waals surface area contributed by atoms with E-state index in [2.05, 4.69) is 30.3 Å². The summed E-state index contributed by atoms with van der Waals surface area (Å²) in [5, 5.41) is 2.45. The Bertz CT molecular complexity index is 777. The molecule has 0 saturated heterocycles. The molecule has 0 radical (unpaired) electrons. The molecule has 0 amide bonds. The van der Waals surface area contributed by atoms with Gasteiger partial charge in [0, 0.05) is 15.4 Å². The Morgan fingerprint density at radius 3 is 2.50 bits per heavy atom. The van der Waals surface area contributed by atoms with Crippen molar-refractivity contribution in [1.82, 2.24) is 0 Å². The predicted octanol–water partition coefficient (Wildman–Crippen LogP) is 5.11. The van der Waals surface area contributed by atoms with Gasteiger partial charge in [-0.25, -0.2) is 0 Å². The average molecular weight is 278 g/mol. The number of carbonyl (C=O) groups is 1. The van der Waals surface area contributed by atoms with Gasteiger partial charge < -0.3 is 0 Å². The van der Waals surface area contributed by atoms with Gasteiger partial charge in [0.25, 0.3) is 0 Å². The van der Waals surface area contributed by atoms with E-state index < -0.39 is 0 Å². The molecule has 0 aliphatic rings. The fraction of sp³-hybridized carbons (Fsp3) is 0.0556. The Labute approximate surface area is 122 Å². The molecule has 0 saturated carbocycles. The first-order valence-corrected chi connectivity index (χ1v) is 7.30. The summed E-state index contributed by atoms with van der Waals surface area (Å²) in [6.45, 7) is 2.00. The number of hydrogen-bond donors (Lipinski definition) is 0. The van der Waals surface area contributed by atoms with Gasteiger partial charge in [0.05, 0.1) is 0 Å². The van der Waals surface area contributed by atoms with Crippen molar-refractivity contribution in [3.05, 3.63) is 71.8 Å². The average Bonchev–Trinajstić information content (AvgIpc) is 2.49. The van der Waals surface area contributed by atoms with Crippen molar-refractivity contribution in [2.45, 2.75) is 16.7 Å². The maximum atomic E-state index is 11.2. The van der Waals surface area contributed by atoms with Crippen LogP contribution in [0, 0.1) is 6.92 Å². The zero-order valence-corrected chi connectivity index (χ0v) is 12.0. The molecule has 0 atom stereocenters. The molecular formula is C18H14OS. The van der Waals surface area contributed by atoms with Gasteiger partial charge in [-0.05, 0) is 42.0 Å². The van der Waals surface area contributed by atoms with Crippen LogP contribution in [0.3, 0.4) is 0 Å². The highest BCUT2D eigenvalue weighted by Crippen LogP contribution is 2.32. The van der Waals surface area contributed by atoms with E-state index in [0.29, 0.717) is 0 Å². The van der Waals surface area contributed by atoms with Crippen LogP contribution in [0.15, 0.2) is 70.5 Å². The summed E-state index contributed by atoms with van der Waals surface area (Å²) in [5.74, 6) is 0. The third kappa shape index (κ3) is 2.61. The number of benzene rings is 3. The van der Waals surface area contributed by atoms with Crippen LogP contribution in [0.5, 0.6) is 0 Å². The van der Waals surface area contributed by atoms with Crippen molar-refractivity contribution in [3.8, 4) is 0 Å². The summed E-state index contributed by atoms with van der Waals surface area (Å²) in [6.07, 6.45) is 0.927. The van der Waals surface area contributed by atoms with Gasteiger partial charge in [0.1, 0.15) is 0 Å². The van der Waals surface area contributed by atoms with Crippen LogP contribution >= 0.6 is 11.8 Å². The van der Waals surface area contributed by atoms with E-state index in [9.17, 15) is 4.79 Å². The summed E-state index contributed by atoms with van der Waals surface area (Å²) in [7, 11) is 0. The van der Waals surface area contributed by atoms with Gasteiger partial charge in [-0.1, -0.05) is 53.7 Å². The molecule has 2 heteroatoms. The summed E-state index contributed by atoms with van der Waals surface area (Å²) < 4.78 is 0. The first kappa shape index (κ1) is 12.9. The molecule has 0 heterocycles. The van der Waals surface area contributed by atoms with Crippen molar-refractivity contribution in [3.63, 3.8) is 0 Å². The van der Waals surface area contributed by atoms with Gasteiger partial charge in [-0.3, -0.25) is 4.79 Å². The normalized spacial score (nSPS) is 10.7. The molecule has 0 N–H and O–H groups in total. The van der Waals surface area contributed by atoms with Crippen molar-refractivity contribution in [2.24, 2.45) is 0 Å². The molecule has 0 aliphatic carbocycles. The van der Waals surface area contributed by atoms with E-state index in [1.165, 1.54) is 10.8 Å². The predicted molar refractivity (Wildman–Crippen MR) is 84.6 cm³/mol. The minimum absolute atomic E-state index is 0.753. The van der Waals surface area contributed by atoms with Crippen LogP contribution < -0.4 is 0 Å². The lowest BCUT2D eigenvalue weighted by molar-refractivity contribution is 0.112. The van der Waals surface area contributed by atoms with Crippen molar-refractivity contribution in [1.29, 1.82) is 0 Å². The van der Waals surface area contributed by atoms with Gasteiger partial charge in [0.15, 0.2) is 6.29 Å². The largest absolute Gasteiger partial charge is 0.298 e. The highest BCUT2D eigenvalue weighted by Gasteiger charge is 2.05. The maximum Gasteiger partial charge on any atom is 0.151 e. The minimum Gasteiger partial charge on any atom is -0.298 e. The van der Waals surface area contributed by atoms with Crippen LogP contribution in [0.1, 0.15) is 15.9 Å². The van der Waals surface area contributed by atoms with Gasteiger partial charge in [-0.15, -0.1) is 0 Å². The Hall–Kier alpha value is -2.06. The third-order valence-electron chi connectivity index (χ3n) is 3.24. The SMILES string of the molecule is Cc1ccc(Sc2ccc3ccccc3c2)c(C=O)c1. The first-order chi connectivity index (χ1) is 9.76. The number of aryl methyl sites for hydroxylation is 1. The van der Waals surface area contributed by atoms with E-state index in [4.69, 9.17) is 0 Å². The summed E-state index contributed by atoms with van der Waals surface area (Å²) >= 11 is 1.63. The van der Waals surface area contributed by atoms with Crippen molar-refractivity contribution >= 4 is 28.8 Å². The highest BCUT2D eigenvalue weighted by molar-refractivity contribution is 7.99. The molecule has 0 spiro atoms. The fourth-order valence-corrected chi connectivity index (χ4v) is 3.15. The Balaban J connectivity index is 1.98. The standard InChI is InChI=1S/C18H14OS/c1-13-6-9-18(16(10-13)12-19)20-17-8-7-14-4-2-3-5-15(14)11-17/h2-12H,1H3. The number of rotatable bonds is 3. The lowest BCUT2D eigenvalue weighted by atomic mass is 10.1. The van der Waals surface area contributed by atoms with Crippen LogP contribution in [-0.4, -0.2) is 6.29 Å². The quantitative estimate of drug-likeness (QED) is 0.619. The summed E-state index contributed by atoms with van der Waals surface area (Å²) in [6, 6.07) is 20.6. The molecule has 3 rings (SSSR count). The zero-order chi connectivity index (χ0) is 13.9. The lowest BCUT2D eigenvalue weighted by Gasteiger charge is -2.07. The summed E-state index contributed by atoms with van der Waals surface area (Å²) in [5.41, 5.74) is 1.86. The Morgan fingerprint density at radius 2 is 1.70 bits per heavy atom. The molecule has 1 nitrogen and oxygen atoms in total. The second kappa shape index (κ2) is 5.51. The van der Waals surface area contributed by atoms with E-state index in [0.717, 1.165) is 27.2 Å². The molecule has 3 aromatic carbocycles. The fourth-order valence-electron chi connectivity index (χ4n) is 2.21. The van der Waals surface area contributed by atoms with E-state index in [1.54, 1.807) is 11.8 Å². The molecule has 0 unspecified atom stereocenters. The number of aldehydes is 1. The molecule has 98 valence electrons. The van der Waals surface area contributed by atoms with Crippen molar-refractivity contribution in [2.75, 3.05) is 0 Å². The van der Waals surface area contributed by atoms with Crippen LogP contribution in [0.2, 0.25) is 0 Å². The Kier molecular flexibility index (Phi) is 3.57. The summed E-state index contributed by atoms with van der Waals surface area (Å²) in [4.78, 5) is 13.3. The highest BCUT2D eigenvalue weighted by atomic mass is 32.2. The topological polar surface area (TPSA) is 17.1 Å². The van der Waals surface area contributed by atoms with Gasteiger partial charge in [0.2, 0.25) is 0 Å². The first-order valence-electron chi connectivity index (χ1n) is 6.49. The lowest BCUT2D eigenvalue weighted by Crippen LogP contribution is -1.86. The van der Waals surface area contributed by atoms with Crippen LogP contribution in [0.25, 0.3) is 10.8 Å². The molecule has 0 bridgehead atoms. The Morgan fingerprint density at radius 1 is 0.900 bits per heavy atom. The van der Waals surface area contributed by atoms with E-state index in [1.807, 2.05) is 37.3 Å². The smallest absolute Gasteiger partial charge is 0.151 e. The van der Waals surface area contributed by atoms with Gasteiger partial charge in [-0.2, -0.15) is 0 Å². The molecule has 0 aliphatic heterocycles. The second-order valence-corrected chi connectivity index (χ2v) is 5.89. The number of hydrogen-bond acceptors (Lipinski definition) is 2. The van der Waals surface area contributed by atoms with Crippen LogP contribution in [-0.2, 0) is 0 Å². The van der Waals surface area contributed by atoms with Gasteiger partial charge >= 0.3 is 0 Å². The number of fused-ring (bicyclic) bond motifs is 1. The van der Waals surface area contributed by atoms with Crippen LogP contribution in [0.4, 0.5) is 0 Å². The molecule has 0 aromatic heterocycles. The monoisotopic (exact) mass is 278 g/mol.